The van der Waals surface area contributed by atoms with E-state index in [-0.39, 0.29) is 28.3 Å². The molecule has 4 saturated carbocycles. The molecule has 1 aromatic rings. The van der Waals surface area contributed by atoms with Crippen LogP contribution in [-0.4, -0.2) is 58.5 Å². The van der Waals surface area contributed by atoms with Gasteiger partial charge in [-0.05, 0) is 92.6 Å². The van der Waals surface area contributed by atoms with Crippen LogP contribution in [0.2, 0.25) is 0 Å². The molecule has 34 heavy (non-hydrogen) atoms. The van der Waals surface area contributed by atoms with Crippen molar-refractivity contribution in [1.82, 2.24) is 10.2 Å². The third-order valence-corrected chi connectivity index (χ3v) is 11.8. The molecule has 1 aromatic heterocycles. The number of hydrogen-bond donors (Lipinski definition) is 3. The smallest absolute Gasteiger partial charge is 0.335 e. The van der Waals surface area contributed by atoms with Crippen LogP contribution in [0.3, 0.4) is 0 Å². The van der Waals surface area contributed by atoms with Gasteiger partial charge in [0.1, 0.15) is 0 Å². The maximum absolute atomic E-state index is 12.4. The van der Waals surface area contributed by atoms with Gasteiger partial charge >= 0.3 is 5.63 Å². The predicted octanol–water partition coefficient (Wildman–Crippen LogP) is 3.27. The van der Waals surface area contributed by atoms with E-state index in [4.69, 9.17) is 4.42 Å². The fraction of sp³-hybridized carbons (Fsp3) is 0.821. The highest BCUT2D eigenvalue weighted by molar-refractivity contribution is 5.27. The largest absolute Gasteiger partial charge is 0.431 e. The molecular weight excluding hydrogens is 428 g/mol. The minimum Gasteiger partial charge on any atom is -0.431 e. The van der Waals surface area contributed by atoms with Crippen molar-refractivity contribution in [3.63, 3.8) is 0 Å². The van der Waals surface area contributed by atoms with E-state index in [1.807, 2.05) is 6.07 Å². The maximum Gasteiger partial charge on any atom is 0.335 e. The summed E-state index contributed by atoms with van der Waals surface area (Å²) in [6, 6.07) is 3.90. The van der Waals surface area contributed by atoms with Gasteiger partial charge in [0, 0.05) is 43.7 Å². The lowest BCUT2D eigenvalue weighted by Crippen LogP contribution is -2.68. The number of fused-ring (bicyclic) bond motifs is 5. The van der Waals surface area contributed by atoms with Crippen LogP contribution in [0.1, 0.15) is 83.1 Å². The molecule has 0 bridgehead atoms. The molecule has 6 heteroatoms. The van der Waals surface area contributed by atoms with Crippen LogP contribution in [0, 0.1) is 22.7 Å². The van der Waals surface area contributed by atoms with Gasteiger partial charge in [-0.1, -0.05) is 13.8 Å². The number of aliphatic hydroxyl groups is 2. The Balaban J connectivity index is 1.27. The highest BCUT2D eigenvalue weighted by atomic mass is 16.4. The molecule has 8 atom stereocenters. The summed E-state index contributed by atoms with van der Waals surface area (Å²) in [6.07, 6.45) is 10.2. The lowest BCUT2D eigenvalue weighted by atomic mass is 9.41. The van der Waals surface area contributed by atoms with Crippen molar-refractivity contribution in [2.24, 2.45) is 22.7 Å². The first kappa shape index (κ1) is 23.2. The Morgan fingerprint density at radius 2 is 1.68 bits per heavy atom. The molecule has 188 valence electrons. The summed E-state index contributed by atoms with van der Waals surface area (Å²) >= 11 is 0. The van der Waals surface area contributed by atoms with Crippen molar-refractivity contribution in [2.75, 3.05) is 26.2 Å². The van der Waals surface area contributed by atoms with Gasteiger partial charge in [-0.3, -0.25) is 4.90 Å². The average Bonchev–Trinajstić information content (AvgIpc) is 3.11. The molecule has 0 aromatic carbocycles. The highest BCUT2D eigenvalue weighted by Gasteiger charge is 2.70. The monoisotopic (exact) mass is 470 g/mol. The topological polar surface area (TPSA) is 85.9 Å². The first-order valence-electron chi connectivity index (χ1n) is 13.7. The van der Waals surface area contributed by atoms with E-state index in [0.29, 0.717) is 12.0 Å². The zero-order valence-electron chi connectivity index (χ0n) is 20.9. The second-order valence-electron chi connectivity index (χ2n) is 12.7. The van der Waals surface area contributed by atoms with Crippen LogP contribution in [0.25, 0.3) is 0 Å². The number of hydrogen-bond acceptors (Lipinski definition) is 6. The summed E-state index contributed by atoms with van der Waals surface area (Å²) in [7, 11) is 0. The van der Waals surface area contributed by atoms with Gasteiger partial charge in [-0.25, -0.2) is 4.79 Å². The minimum atomic E-state index is -0.726. The third-order valence-electron chi connectivity index (χ3n) is 11.8. The zero-order chi connectivity index (χ0) is 23.8. The van der Waals surface area contributed by atoms with Gasteiger partial charge in [0.15, 0.2) is 0 Å². The van der Waals surface area contributed by atoms with Crippen LogP contribution in [0.4, 0.5) is 0 Å². The van der Waals surface area contributed by atoms with E-state index >= 15 is 0 Å². The van der Waals surface area contributed by atoms with Gasteiger partial charge in [-0.2, -0.15) is 0 Å². The standard InChI is InChI=1S/C28H42N2O4/c1-25-9-5-20(30-15-13-29-14-16-30)17-27(25,32)11-7-23-22(25)6-10-26(2)21(8-12-28(23,26)33)19-3-4-24(31)34-18-19/h3-4,18,20-23,29,32-33H,5-17H2,1-2H3/t20?,21-,22+,23-,25-,26-,27+,28+/m1/s1. The van der Waals surface area contributed by atoms with E-state index in [0.717, 1.165) is 89.5 Å². The van der Waals surface area contributed by atoms with Gasteiger partial charge in [0.2, 0.25) is 0 Å². The van der Waals surface area contributed by atoms with Gasteiger partial charge in [-0.15, -0.1) is 0 Å². The lowest BCUT2D eigenvalue weighted by molar-refractivity contribution is -0.250. The van der Waals surface area contributed by atoms with Gasteiger partial charge in [0.05, 0.1) is 17.5 Å². The molecule has 1 saturated heterocycles. The summed E-state index contributed by atoms with van der Waals surface area (Å²) in [5.74, 6) is 0.800. The van der Waals surface area contributed by atoms with Crippen LogP contribution in [0.5, 0.6) is 0 Å². The summed E-state index contributed by atoms with van der Waals surface area (Å²) < 4.78 is 5.22. The normalized spacial score (nSPS) is 49.2. The second-order valence-corrected chi connectivity index (χ2v) is 12.7. The molecule has 0 amide bonds. The van der Waals surface area contributed by atoms with E-state index < -0.39 is 11.2 Å². The Morgan fingerprint density at radius 3 is 2.41 bits per heavy atom. The molecule has 4 aliphatic carbocycles. The molecule has 6 rings (SSSR count). The van der Waals surface area contributed by atoms with Crippen molar-refractivity contribution in [3.8, 4) is 0 Å². The van der Waals surface area contributed by atoms with Crippen molar-refractivity contribution < 1.29 is 14.6 Å². The Kier molecular flexibility index (Phi) is 5.39. The van der Waals surface area contributed by atoms with Gasteiger partial charge in [0.25, 0.3) is 0 Å². The molecule has 5 aliphatic rings. The molecular formula is C28H42N2O4. The van der Waals surface area contributed by atoms with Crippen LogP contribution in [-0.2, 0) is 0 Å². The highest BCUT2D eigenvalue weighted by Crippen LogP contribution is 2.71. The van der Waals surface area contributed by atoms with Crippen LogP contribution in [0.15, 0.2) is 27.6 Å². The average molecular weight is 471 g/mol. The van der Waals surface area contributed by atoms with Crippen LogP contribution < -0.4 is 10.9 Å². The number of rotatable bonds is 2. The van der Waals surface area contributed by atoms with Crippen LogP contribution >= 0.6 is 0 Å². The van der Waals surface area contributed by atoms with E-state index in [1.165, 1.54) is 6.07 Å². The quantitative estimate of drug-likeness (QED) is 0.615. The predicted molar refractivity (Wildman–Crippen MR) is 131 cm³/mol. The molecule has 0 spiro atoms. The summed E-state index contributed by atoms with van der Waals surface area (Å²) in [6.45, 7) is 8.90. The summed E-state index contributed by atoms with van der Waals surface area (Å²) in [4.78, 5) is 14.1. The summed E-state index contributed by atoms with van der Waals surface area (Å²) in [5.41, 5.74) is -0.982. The molecule has 6 nitrogen and oxygen atoms in total. The molecule has 2 heterocycles. The SMILES string of the molecule is C[C@]12CCC(N3CCNCC3)C[C@@]1(O)CC[C@@H]1[C@@H]2CC[C@]2(C)[C@@H](c3ccc(=O)oc3)CC[C@]12O. The van der Waals surface area contributed by atoms with Gasteiger partial charge < -0.3 is 19.9 Å². The fourth-order valence-electron chi connectivity index (χ4n) is 9.66. The van der Waals surface area contributed by atoms with E-state index in [9.17, 15) is 15.0 Å². The fourth-order valence-corrected chi connectivity index (χ4v) is 9.66. The Labute approximate surface area is 203 Å². The number of nitrogens with zero attached hydrogens (tertiary/aromatic N) is 1. The summed E-state index contributed by atoms with van der Waals surface area (Å²) in [5, 5.41) is 28.0. The Morgan fingerprint density at radius 1 is 0.941 bits per heavy atom. The maximum atomic E-state index is 12.4. The Bertz CT molecular complexity index is 970. The van der Waals surface area contributed by atoms with Crippen molar-refractivity contribution >= 4 is 0 Å². The van der Waals surface area contributed by atoms with Crippen molar-refractivity contribution in [1.29, 1.82) is 0 Å². The molecule has 5 fully saturated rings. The molecule has 0 radical (unpaired) electrons. The number of nitrogens with one attached hydrogen (secondary N) is 1. The minimum absolute atomic E-state index is 0.130. The van der Waals surface area contributed by atoms with E-state index in [2.05, 4.69) is 24.1 Å². The molecule has 3 N–H and O–H groups in total. The van der Waals surface area contributed by atoms with E-state index in [1.54, 1.807) is 6.26 Å². The zero-order valence-corrected chi connectivity index (χ0v) is 20.9. The van der Waals surface area contributed by atoms with Crippen molar-refractivity contribution in [3.05, 3.63) is 34.4 Å². The first-order valence-corrected chi connectivity index (χ1v) is 13.7. The lowest BCUT2D eigenvalue weighted by Gasteiger charge is -2.66. The first-order chi connectivity index (χ1) is 16.2. The second kappa shape index (κ2) is 7.89. The van der Waals surface area contributed by atoms with Crippen molar-refractivity contribution in [2.45, 2.75) is 94.8 Å². The molecule has 1 aliphatic heterocycles. The molecule has 1 unspecified atom stereocenters. The Hall–Kier alpha value is -1.21. The number of piperazine rings is 1. The third kappa shape index (κ3) is 3.11.